The fraction of sp³-hybridized carbons (Fsp3) is 0.455. The number of hydrogen-bond acceptors (Lipinski definition) is 2. The molecule has 2 heteroatoms. The summed E-state index contributed by atoms with van der Waals surface area (Å²) >= 11 is 0. The monoisotopic (exact) mass is 180 g/mol. The number of methoxy groups -OCH3 is 1. The number of aryl methyl sites for hydroxylation is 1. The first-order chi connectivity index (χ1) is 6.22. The molecule has 1 atom stereocenters. The summed E-state index contributed by atoms with van der Waals surface area (Å²) < 4.78 is 10.4. The Morgan fingerprint density at radius 2 is 1.85 bits per heavy atom. The second-order valence-corrected chi connectivity index (χ2v) is 3.10. The third kappa shape index (κ3) is 3.57. The minimum atomic E-state index is -0.138. The smallest absolute Gasteiger partial charge is 0.154 e. The molecule has 0 aliphatic rings. The molecule has 0 aliphatic heterocycles. The van der Waals surface area contributed by atoms with Gasteiger partial charge in [-0.25, -0.2) is 0 Å². The van der Waals surface area contributed by atoms with Crippen molar-refractivity contribution in [2.75, 3.05) is 7.11 Å². The molecule has 1 aromatic rings. The van der Waals surface area contributed by atoms with E-state index < -0.39 is 0 Å². The van der Waals surface area contributed by atoms with E-state index in [9.17, 15) is 0 Å². The van der Waals surface area contributed by atoms with Crippen molar-refractivity contribution in [3.05, 3.63) is 35.4 Å². The van der Waals surface area contributed by atoms with Crippen LogP contribution in [0.25, 0.3) is 0 Å². The molecule has 0 bridgehead atoms. The third-order valence-corrected chi connectivity index (χ3v) is 1.94. The lowest BCUT2D eigenvalue weighted by Gasteiger charge is -2.10. The average molecular weight is 180 g/mol. The van der Waals surface area contributed by atoms with Crippen molar-refractivity contribution >= 4 is 0 Å². The van der Waals surface area contributed by atoms with Crippen LogP contribution in [0.3, 0.4) is 0 Å². The predicted octanol–water partition coefficient (Wildman–Crippen LogP) is 2.50. The fourth-order valence-corrected chi connectivity index (χ4v) is 0.966. The first-order valence-corrected chi connectivity index (χ1v) is 4.42. The molecule has 0 fully saturated rings. The van der Waals surface area contributed by atoms with E-state index in [2.05, 4.69) is 31.2 Å². The molecule has 72 valence electrons. The van der Waals surface area contributed by atoms with Gasteiger partial charge < -0.3 is 9.47 Å². The van der Waals surface area contributed by atoms with Gasteiger partial charge in [0.15, 0.2) is 6.29 Å². The first-order valence-electron chi connectivity index (χ1n) is 4.42. The van der Waals surface area contributed by atoms with Gasteiger partial charge in [-0.15, -0.1) is 0 Å². The fourth-order valence-electron chi connectivity index (χ4n) is 0.966. The van der Waals surface area contributed by atoms with Crippen molar-refractivity contribution < 1.29 is 9.47 Å². The summed E-state index contributed by atoms with van der Waals surface area (Å²) in [6, 6.07) is 8.29. The van der Waals surface area contributed by atoms with Gasteiger partial charge in [-0.05, 0) is 19.4 Å². The van der Waals surface area contributed by atoms with Gasteiger partial charge in [0.05, 0.1) is 6.61 Å². The molecule has 0 spiro atoms. The second kappa shape index (κ2) is 5.00. The van der Waals surface area contributed by atoms with Gasteiger partial charge in [-0.3, -0.25) is 0 Å². The van der Waals surface area contributed by atoms with Crippen LogP contribution in [0.4, 0.5) is 0 Å². The normalized spacial score (nSPS) is 12.8. The topological polar surface area (TPSA) is 18.5 Å². The summed E-state index contributed by atoms with van der Waals surface area (Å²) in [7, 11) is 1.64. The maximum absolute atomic E-state index is 5.39. The zero-order valence-electron chi connectivity index (χ0n) is 8.41. The minimum absolute atomic E-state index is 0.138. The summed E-state index contributed by atoms with van der Waals surface area (Å²) in [5.41, 5.74) is 2.44. The zero-order valence-corrected chi connectivity index (χ0v) is 8.41. The minimum Gasteiger partial charge on any atom is -0.356 e. The standard InChI is InChI=1S/C11H16O2/c1-9-4-6-11(7-5-9)8-13-10(2)12-3/h4-7,10H,8H2,1-3H3. The maximum atomic E-state index is 5.39. The van der Waals surface area contributed by atoms with Crippen LogP contribution in [0.5, 0.6) is 0 Å². The highest BCUT2D eigenvalue weighted by Gasteiger charge is 1.98. The highest BCUT2D eigenvalue weighted by molar-refractivity contribution is 5.20. The van der Waals surface area contributed by atoms with Crippen LogP contribution in [-0.4, -0.2) is 13.4 Å². The maximum Gasteiger partial charge on any atom is 0.154 e. The summed E-state index contributed by atoms with van der Waals surface area (Å²) in [6.07, 6.45) is -0.138. The van der Waals surface area contributed by atoms with Crippen LogP contribution < -0.4 is 0 Å². The first kappa shape index (κ1) is 10.2. The van der Waals surface area contributed by atoms with E-state index in [0.29, 0.717) is 6.61 Å². The molecule has 0 saturated heterocycles. The van der Waals surface area contributed by atoms with E-state index in [1.807, 2.05) is 6.92 Å². The van der Waals surface area contributed by atoms with Gasteiger partial charge in [-0.2, -0.15) is 0 Å². The third-order valence-electron chi connectivity index (χ3n) is 1.94. The van der Waals surface area contributed by atoms with E-state index >= 15 is 0 Å². The Labute approximate surface area is 79.5 Å². The highest BCUT2D eigenvalue weighted by Crippen LogP contribution is 2.05. The Hall–Kier alpha value is -0.860. The van der Waals surface area contributed by atoms with Crippen molar-refractivity contribution in [3.8, 4) is 0 Å². The lowest BCUT2D eigenvalue weighted by atomic mass is 10.2. The van der Waals surface area contributed by atoms with Crippen molar-refractivity contribution in [3.63, 3.8) is 0 Å². The Morgan fingerprint density at radius 3 is 2.38 bits per heavy atom. The average Bonchev–Trinajstić information content (AvgIpc) is 2.16. The summed E-state index contributed by atoms with van der Waals surface area (Å²) in [5.74, 6) is 0. The molecule has 13 heavy (non-hydrogen) atoms. The largest absolute Gasteiger partial charge is 0.356 e. The lowest BCUT2D eigenvalue weighted by Crippen LogP contribution is -2.09. The highest BCUT2D eigenvalue weighted by atomic mass is 16.7. The molecule has 0 aliphatic carbocycles. The van der Waals surface area contributed by atoms with Crippen LogP contribution in [0, 0.1) is 6.92 Å². The molecule has 1 rings (SSSR count). The van der Waals surface area contributed by atoms with Gasteiger partial charge in [0.25, 0.3) is 0 Å². The van der Waals surface area contributed by atoms with Gasteiger partial charge in [-0.1, -0.05) is 29.8 Å². The SMILES string of the molecule is COC(C)OCc1ccc(C)cc1. The Bertz CT molecular complexity index is 241. The molecule has 0 heterocycles. The number of ether oxygens (including phenoxy) is 2. The number of rotatable bonds is 4. The van der Waals surface area contributed by atoms with Gasteiger partial charge in [0.1, 0.15) is 0 Å². The summed E-state index contributed by atoms with van der Waals surface area (Å²) in [6.45, 7) is 4.56. The number of hydrogen-bond donors (Lipinski definition) is 0. The molecule has 0 radical (unpaired) electrons. The van der Waals surface area contributed by atoms with E-state index in [1.54, 1.807) is 7.11 Å². The molecule has 0 N–H and O–H groups in total. The van der Waals surface area contributed by atoms with Crippen LogP contribution in [0.1, 0.15) is 18.1 Å². The van der Waals surface area contributed by atoms with Crippen molar-refractivity contribution in [1.29, 1.82) is 0 Å². The van der Waals surface area contributed by atoms with E-state index in [4.69, 9.17) is 9.47 Å². The van der Waals surface area contributed by atoms with E-state index in [-0.39, 0.29) is 6.29 Å². The molecule has 0 aromatic heterocycles. The van der Waals surface area contributed by atoms with Crippen LogP contribution in [0.2, 0.25) is 0 Å². The molecule has 0 saturated carbocycles. The lowest BCUT2D eigenvalue weighted by molar-refractivity contribution is -0.118. The molecule has 2 nitrogen and oxygen atoms in total. The Balaban J connectivity index is 2.41. The van der Waals surface area contributed by atoms with Gasteiger partial charge >= 0.3 is 0 Å². The Morgan fingerprint density at radius 1 is 1.23 bits per heavy atom. The summed E-state index contributed by atoms with van der Waals surface area (Å²) in [5, 5.41) is 0. The molecular formula is C11H16O2. The molecule has 1 aromatic carbocycles. The molecule has 0 amide bonds. The van der Waals surface area contributed by atoms with Crippen LogP contribution >= 0.6 is 0 Å². The van der Waals surface area contributed by atoms with Crippen molar-refractivity contribution in [2.45, 2.75) is 26.7 Å². The van der Waals surface area contributed by atoms with Crippen molar-refractivity contribution in [2.24, 2.45) is 0 Å². The van der Waals surface area contributed by atoms with E-state index in [0.717, 1.165) is 0 Å². The zero-order chi connectivity index (χ0) is 9.68. The summed E-state index contributed by atoms with van der Waals surface area (Å²) in [4.78, 5) is 0. The van der Waals surface area contributed by atoms with Crippen LogP contribution in [-0.2, 0) is 16.1 Å². The molecular weight excluding hydrogens is 164 g/mol. The Kier molecular flexibility index (Phi) is 3.93. The van der Waals surface area contributed by atoms with Crippen LogP contribution in [0.15, 0.2) is 24.3 Å². The van der Waals surface area contributed by atoms with Gasteiger partial charge in [0.2, 0.25) is 0 Å². The van der Waals surface area contributed by atoms with E-state index in [1.165, 1.54) is 11.1 Å². The second-order valence-electron chi connectivity index (χ2n) is 3.10. The predicted molar refractivity (Wildman–Crippen MR) is 52.4 cm³/mol. The quantitative estimate of drug-likeness (QED) is 0.663. The molecule has 1 unspecified atom stereocenters. The van der Waals surface area contributed by atoms with Gasteiger partial charge in [0, 0.05) is 7.11 Å². The van der Waals surface area contributed by atoms with Crippen molar-refractivity contribution in [1.82, 2.24) is 0 Å². The number of benzene rings is 1.